The molecule has 1 aliphatic heterocycles. The van der Waals surface area contributed by atoms with E-state index in [0.717, 1.165) is 29.0 Å². The summed E-state index contributed by atoms with van der Waals surface area (Å²) in [6.45, 7) is 6.11. The largest absolute Gasteiger partial charge is 0.487 e. The van der Waals surface area contributed by atoms with Crippen molar-refractivity contribution in [2.24, 2.45) is 5.41 Å². The average Bonchev–Trinajstić information content (AvgIpc) is 3.07. The molecule has 1 N–H and O–H groups in total. The zero-order valence-electron chi connectivity index (χ0n) is 16.0. The molecule has 0 fully saturated rings. The highest BCUT2D eigenvalue weighted by atomic mass is 16.5. The van der Waals surface area contributed by atoms with E-state index in [2.05, 4.69) is 10.3 Å². The lowest BCUT2D eigenvalue weighted by Gasteiger charge is -2.19. The maximum atomic E-state index is 12.1. The lowest BCUT2D eigenvalue weighted by atomic mass is 9.95. The number of benzene rings is 1. The third kappa shape index (κ3) is 4.10. The number of pyridine rings is 1. The molecule has 3 rings (SSSR count). The van der Waals surface area contributed by atoms with Gasteiger partial charge in [-0.15, -0.1) is 0 Å². The molecular formula is C21H24N2O4. The fourth-order valence-corrected chi connectivity index (χ4v) is 2.92. The topological polar surface area (TPSA) is 77.5 Å². The molecule has 1 aromatic carbocycles. The van der Waals surface area contributed by atoms with Crippen LogP contribution < -0.4 is 10.1 Å². The van der Waals surface area contributed by atoms with E-state index in [1.165, 1.54) is 13.3 Å². The third-order valence-corrected chi connectivity index (χ3v) is 4.46. The number of carbonyl (C=O) groups excluding carboxylic acids is 2. The molecule has 2 aromatic rings. The molecule has 1 amide bonds. The van der Waals surface area contributed by atoms with Crippen LogP contribution in [0.3, 0.4) is 0 Å². The Labute approximate surface area is 158 Å². The molecule has 0 saturated carbocycles. The fourth-order valence-electron chi connectivity index (χ4n) is 2.92. The second-order valence-electron chi connectivity index (χ2n) is 7.62. The normalized spacial score (nSPS) is 15.6. The van der Waals surface area contributed by atoms with E-state index >= 15 is 0 Å². The van der Waals surface area contributed by atoms with Crippen LogP contribution in [0.5, 0.6) is 5.75 Å². The van der Waals surface area contributed by atoms with Gasteiger partial charge in [-0.05, 0) is 23.8 Å². The number of hydrogen-bond donors (Lipinski definition) is 1. The SMILES string of the molecule is COC(=O)c1ccc(-c2cccc3c2OC(CNC(=O)C(C)(C)C)C3)nc1. The van der Waals surface area contributed by atoms with E-state index in [9.17, 15) is 9.59 Å². The highest BCUT2D eigenvalue weighted by Crippen LogP contribution is 2.38. The summed E-state index contributed by atoms with van der Waals surface area (Å²) >= 11 is 0. The molecule has 27 heavy (non-hydrogen) atoms. The van der Waals surface area contributed by atoms with Gasteiger partial charge in [-0.25, -0.2) is 4.79 Å². The fraction of sp³-hybridized carbons (Fsp3) is 0.381. The Morgan fingerprint density at radius 1 is 1.26 bits per heavy atom. The minimum Gasteiger partial charge on any atom is -0.487 e. The van der Waals surface area contributed by atoms with Gasteiger partial charge in [0.05, 0.1) is 24.9 Å². The van der Waals surface area contributed by atoms with E-state index in [1.807, 2.05) is 39.0 Å². The second-order valence-corrected chi connectivity index (χ2v) is 7.62. The Kier molecular flexibility index (Phi) is 5.17. The Morgan fingerprint density at radius 3 is 2.67 bits per heavy atom. The molecule has 1 unspecified atom stereocenters. The summed E-state index contributed by atoms with van der Waals surface area (Å²) < 4.78 is 10.8. The first-order valence-electron chi connectivity index (χ1n) is 8.91. The number of methoxy groups -OCH3 is 1. The van der Waals surface area contributed by atoms with Gasteiger partial charge in [0.25, 0.3) is 0 Å². The smallest absolute Gasteiger partial charge is 0.339 e. The summed E-state index contributed by atoms with van der Waals surface area (Å²) in [7, 11) is 1.34. The summed E-state index contributed by atoms with van der Waals surface area (Å²) in [5.41, 5.74) is 2.65. The van der Waals surface area contributed by atoms with Gasteiger partial charge in [-0.1, -0.05) is 32.9 Å². The molecule has 0 spiro atoms. The quantitative estimate of drug-likeness (QED) is 0.840. The van der Waals surface area contributed by atoms with Crippen LogP contribution >= 0.6 is 0 Å². The number of fused-ring (bicyclic) bond motifs is 1. The van der Waals surface area contributed by atoms with Crippen molar-refractivity contribution < 1.29 is 19.1 Å². The van der Waals surface area contributed by atoms with Crippen LogP contribution in [-0.4, -0.2) is 36.6 Å². The molecule has 0 saturated heterocycles. The van der Waals surface area contributed by atoms with Gasteiger partial charge in [0.15, 0.2) is 0 Å². The summed E-state index contributed by atoms with van der Waals surface area (Å²) in [5, 5.41) is 2.95. The van der Waals surface area contributed by atoms with Gasteiger partial charge in [0.1, 0.15) is 11.9 Å². The number of nitrogens with zero attached hydrogens (tertiary/aromatic N) is 1. The molecule has 1 aromatic heterocycles. The number of carbonyl (C=O) groups is 2. The molecule has 0 bridgehead atoms. The number of rotatable bonds is 4. The molecule has 0 radical (unpaired) electrons. The number of esters is 1. The van der Waals surface area contributed by atoms with Crippen molar-refractivity contribution in [2.75, 3.05) is 13.7 Å². The number of amides is 1. The first kappa shape index (κ1) is 18.9. The minimum absolute atomic E-state index is 0.00217. The minimum atomic E-state index is -0.429. The Bertz CT molecular complexity index is 853. The van der Waals surface area contributed by atoms with Gasteiger partial charge in [0, 0.05) is 23.6 Å². The Balaban J connectivity index is 1.75. The van der Waals surface area contributed by atoms with Crippen molar-refractivity contribution in [3.05, 3.63) is 47.7 Å². The van der Waals surface area contributed by atoms with Gasteiger partial charge in [-0.2, -0.15) is 0 Å². The van der Waals surface area contributed by atoms with Crippen molar-refractivity contribution in [2.45, 2.75) is 33.3 Å². The molecule has 6 nitrogen and oxygen atoms in total. The van der Waals surface area contributed by atoms with Crippen LogP contribution in [-0.2, 0) is 16.0 Å². The lowest BCUT2D eigenvalue weighted by molar-refractivity contribution is -0.128. The van der Waals surface area contributed by atoms with Gasteiger partial charge >= 0.3 is 5.97 Å². The van der Waals surface area contributed by atoms with E-state index in [1.54, 1.807) is 12.1 Å². The number of ether oxygens (including phenoxy) is 2. The monoisotopic (exact) mass is 368 g/mol. The average molecular weight is 368 g/mol. The number of para-hydroxylation sites is 1. The lowest BCUT2D eigenvalue weighted by Crippen LogP contribution is -2.40. The van der Waals surface area contributed by atoms with E-state index in [4.69, 9.17) is 9.47 Å². The van der Waals surface area contributed by atoms with Crippen molar-refractivity contribution >= 4 is 11.9 Å². The van der Waals surface area contributed by atoms with Crippen molar-refractivity contribution in [1.29, 1.82) is 0 Å². The molecular weight excluding hydrogens is 344 g/mol. The van der Waals surface area contributed by atoms with Crippen molar-refractivity contribution in [1.82, 2.24) is 10.3 Å². The molecule has 142 valence electrons. The number of hydrogen-bond acceptors (Lipinski definition) is 5. The van der Waals surface area contributed by atoms with Gasteiger partial charge in [-0.3, -0.25) is 9.78 Å². The first-order chi connectivity index (χ1) is 12.8. The zero-order valence-corrected chi connectivity index (χ0v) is 16.0. The van der Waals surface area contributed by atoms with E-state index in [0.29, 0.717) is 12.1 Å². The van der Waals surface area contributed by atoms with Crippen LogP contribution in [0.25, 0.3) is 11.3 Å². The maximum Gasteiger partial charge on any atom is 0.339 e. The van der Waals surface area contributed by atoms with Gasteiger partial charge < -0.3 is 14.8 Å². The number of aromatic nitrogens is 1. The molecule has 6 heteroatoms. The van der Waals surface area contributed by atoms with Gasteiger partial charge in [0.2, 0.25) is 5.91 Å². The van der Waals surface area contributed by atoms with Crippen molar-refractivity contribution in [3.63, 3.8) is 0 Å². The molecule has 2 heterocycles. The Hall–Kier alpha value is -2.89. The maximum absolute atomic E-state index is 12.1. The van der Waals surface area contributed by atoms with E-state index < -0.39 is 11.4 Å². The Morgan fingerprint density at radius 2 is 2.04 bits per heavy atom. The molecule has 0 aliphatic carbocycles. The van der Waals surface area contributed by atoms with E-state index in [-0.39, 0.29) is 12.0 Å². The molecule has 1 aliphatic rings. The van der Waals surface area contributed by atoms with Crippen molar-refractivity contribution in [3.8, 4) is 17.0 Å². The third-order valence-electron chi connectivity index (χ3n) is 4.46. The van der Waals surface area contributed by atoms with Crippen LogP contribution in [0.4, 0.5) is 0 Å². The van der Waals surface area contributed by atoms with Crippen LogP contribution in [0.1, 0.15) is 36.7 Å². The summed E-state index contributed by atoms with van der Waals surface area (Å²) in [6, 6.07) is 9.38. The first-order valence-corrected chi connectivity index (χ1v) is 8.91. The van der Waals surface area contributed by atoms with Crippen LogP contribution in [0, 0.1) is 5.41 Å². The predicted octanol–water partition coefficient (Wildman–Crippen LogP) is 3.00. The highest BCUT2D eigenvalue weighted by Gasteiger charge is 2.28. The predicted molar refractivity (Wildman–Crippen MR) is 102 cm³/mol. The molecule has 1 atom stereocenters. The summed E-state index contributed by atoms with van der Waals surface area (Å²) in [5.74, 6) is 0.367. The summed E-state index contributed by atoms with van der Waals surface area (Å²) in [4.78, 5) is 28.0. The second kappa shape index (κ2) is 7.39. The highest BCUT2D eigenvalue weighted by molar-refractivity contribution is 5.89. The number of nitrogens with one attached hydrogen (secondary N) is 1. The van der Waals surface area contributed by atoms with Crippen LogP contribution in [0.2, 0.25) is 0 Å². The summed E-state index contributed by atoms with van der Waals surface area (Å²) in [6.07, 6.45) is 2.12. The van der Waals surface area contributed by atoms with Crippen LogP contribution in [0.15, 0.2) is 36.5 Å². The standard InChI is InChI=1S/C21H24N2O4/c1-21(2,3)20(25)23-12-15-10-13-6-5-7-16(18(13)27-15)17-9-8-14(11-22-17)19(24)26-4/h5-9,11,15H,10,12H2,1-4H3,(H,23,25). The zero-order chi connectivity index (χ0) is 19.6.